The highest BCUT2D eigenvalue weighted by atomic mass is 16.2. The van der Waals surface area contributed by atoms with Crippen molar-refractivity contribution in [1.82, 2.24) is 10.2 Å². The largest absolute Gasteiger partial charge is 0.344 e. The molecule has 1 unspecified atom stereocenters. The first kappa shape index (κ1) is 14.6. The first-order valence-electron chi connectivity index (χ1n) is 7.18. The van der Waals surface area contributed by atoms with Gasteiger partial charge >= 0.3 is 0 Å². The van der Waals surface area contributed by atoms with E-state index in [1.54, 1.807) is 4.90 Å². The molecule has 4 heteroatoms. The van der Waals surface area contributed by atoms with Crippen LogP contribution in [0.4, 0.5) is 0 Å². The standard InChI is InChI=1S/C16H22N2O2/c1-12(2)10-14-16(20)18(9-8-15(19)17-14)11-13-6-4-3-5-7-13/h3-7,12,14H,8-11H2,1-2H3,(H,17,19). The van der Waals surface area contributed by atoms with Gasteiger partial charge in [0.25, 0.3) is 0 Å². The summed E-state index contributed by atoms with van der Waals surface area (Å²) in [6, 6.07) is 9.52. The normalized spacial score (nSPS) is 19.9. The summed E-state index contributed by atoms with van der Waals surface area (Å²) < 4.78 is 0. The zero-order valence-corrected chi connectivity index (χ0v) is 12.1. The Hall–Kier alpha value is -1.84. The van der Waals surface area contributed by atoms with Crippen LogP contribution in [0.1, 0.15) is 32.3 Å². The monoisotopic (exact) mass is 274 g/mol. The molecule has 2 amide bonds. The molecule has 0 bridgehead atoms. The summed E-state index contributed by atoms with van der Waals surface area (Å²) in [7, 11) is 0. The van der Waals surface area contributed by atoms with Crippen LogP contribution < -0.4 is 5.32 Å². The fraction of sp³-hybridized carbons (Fsp3) is 0.500. The highest BCUT2D eigenvalue weighted by molar-refractivity contribution is 5.89. The number of hydrogen-bond donors (Lipinski definition) is 1. The Bertz CT molecular complexity index is 471. The van der Waals surface area contributed by atoms with Crippen molar-refractivity contribution in [2.24, 2.45) is 5.92 Å². The van der Waals surface area contributed by atoms with Crippen LogP contribution in [0, 0.1) is 5.92 Å². The molecule has 1 aliphatic rings. The van der Waals surface area contributed by atoms with E-state index in [0.29, 0.717) is 31.8 Å². The lowest BCUT2D eigenvalue weighted by Crippen LogP contribution is -2.45. The summed E-state index contributed by atoms with van der Waals surface area (Å²) in [6.45, 7) is 5.19. The number of amides is 2. The minimum Gasteiger partial charge on any atom is -0.344 e. The Morgan fingerprint density at radius 2 is 1.95 bits per heavy atom. The van der Waals surface area contributed by atoms with Crippen LogP contribution in [0.15, 0.2) is 30.3 Å². The van der Waals surface area contributed by atoms with Crippen molar-refractivity contribution in [2.75, 3.05) is 6.54 Å². The molecule has 1 aliphatic heterocycles. The molecule has 1 fully saturated rings. The van der Waals surface area contributed by atoms with Crippen LogP contribution >= 0.6 is 0 Å². The third kappa shape index (κ3) is 3.83. The van der Waals surface area contributed by atoms with E-state index in [1.807, 2.05) is 30.3 Å². The fourth-order valence-electron chi connectivity index (χ4n) is 2.49. The van der Waals surface area contributed by atoms with Crippen LogP contribution in [-0.2, 0) is 16.1 Å². The van der Waals surface area contributed by atoms with Crippen molar-refractivity contribution >= 4 is 11.8 Å². The third-order valence-electron chi connectivity index (χ3n) is 3.48. The minimum absolute atomic E-state index is 0.0282. The third-order valence-corrected chi connectivity index (χ3v) is 3.48. The second-order valence-electron chi connectivity index (χ2n) is 5.75. The molecule has 1 heterocycles. The fourth-order valence-corrected chi connectivity index (χ4v) is 2.49. The van der Waals surface area contributed by atoms with Gasteiger partial charge in [0, 0.05) is 19.5 Å². The van der Waals surface area contributed by atoms with Crippen molar-refractivity contribution < 1.29 is 9.59 Å². The molecule has 0 saturated carbocycles. The van der Waals surface area contributed by atoms with Crippen molar-refractivity contribution in [3.05, 3.63) is 35.9 Å². The molecule has 0 aliphatic carbocycles. The Kier molecular flexibility index (Phi) is 4.77. The first-order valence-corrected chi connectivity index (χ1v) is 7.18. The SMILES string of the molecule is CC(C)CC1NC(=O)CCN(Cc2ccccc2)C1=O. The maximum atomic E-state index is 12.5. The van der Waals surface area contributed by atoms with Crippen LogP contribution in [0.5, 0.6) is 0 Å². The lowest BCUT2D eigenvalue weighted by Gasteiger charge is -2.25. The van der Waals surface area contributed by atoms with Crippen molar-refractivity contribution in [3.63, 3.8) is 0 Å². The molecule has 0 aromatic heterocycles. The maximum absolute atomic E-state index is 12.5. The molecular weight excluding hydrogens is 252 g/mol. The quantitative estimate of drug-likeness (QED) is 0.912. The van der Waals surface area contributed by atoms with Gasteiger partial charge in [0.2, 0.25) is 11.8 Å². The van der Waals surface area contributed by atoms with Crippen LogP contribution in [0.25, 0.3) is 0 Å². The molecule has 1 N–H and O–H groups in total. The van der Waals surface area contributed by atoms with E-state index in [-0.39, 0.29) is 17.9 Å². The highest BCUT2D eigenvalue weighted by Crippen LogP contribution is 2.14. The van der Waals surface area contributed by atoms with Gasteiger partial charge in [-0.15, -0.1) is 0 Å². The Balaban J connectivity index is 2.11. The molecule has 4 nitrogen and oxygen atoms in total. The van der Waals surface area contributed by atoms with Gasteiger partial charge in [-0.1, -0.05) is 44.2 Å². The average molecular weight is 274 g/mol. The van der Waals surface area contributed by atoms with Crippen molar-refractivity contribution in [2.45, 2.75) is 39.3 Å². The second-order valence-corrected chi connectivity index (χ2v) is 5.75. The molecule has 0 spiro atoms. The summed E-state index contributed by atoms with van der Waals surface area (Å²) in [5.41, 5.74) is 1.10. The summed E-state index contributed by atoms with van der Waals surface area (Å²) in [4.78, 5) is 26.1. The molecule has 0 radical (unpaired) electrons. The number of rotatable bonds is 4. The number of hydrogen-bond acceptors (Lipinski definition) is 2. The average Bonchev–Trinajstić information content (AvgIpc) is 2.53. The van der Waals surface area contributed by atoms with E-state index in [4.69, 9.17) is 0 Å². The zero-order valence-electron chi connectivity index (χ0n) is 12.1. The van der Waals surface area contributed by atoms with Gasteiger partial charge in [0.15, 0.2) is 0 Å². The molecule has 1 atom stereocenters. The van der Waals surface area contributed by atoms with E-state index in [1.165, 1.54) is 0 Å². The van der Waals surface area contributed by atoms with Gasteiger partial charge < -0.3 is 10.2 Å². The van der Waals surface area contributed by atoms with E-state index in [2.05, 4.69) is 19.2 Å². The second kappa shape index (κ2) is 6.55. The Labute approximate surface area is 120 Å². The topological polar surface area (TPSA) is 49.4 Å². The van der Waals surface area contributed by atoms with E-state index < -0.39 is 0 Å². The molecular formula is C16H22N2O2. The molecule has 1 aromatic rings. The Morgan fingerprint density at radius 1 is 1.25 bits per heavy atom. The molecule has 1 saturated heterocycles. The van der Waals surface area contributed by atoms with Crippen LogP contribution in [0.3, 0.4) is 0 Å². The molecule has 108 valence electrons. The lowest BCUT2D eigenvalue weighted by atomic mass is 10.0. The van der Waals surface area contributed by atoms with Crippen molar-refractivity contribution in [1.29, 1.82) is 0 Å². The Morgan fingerprint density at radius 3 is 2.60 bits per heavy atom. The van der Waals surface area contributed by atoms with Gasteiger partial charge in [0.05, 0.1) is 0 Å². The lowest BCUT2D eigenvalue weighted by molar-refractivity contribution is -0.134. The predicted octanol–water partition coefficient (Wildman–Crippen LogP) is 1.95. The summed E-state index contributed by atoms with van der Waals surface area (Å²) >= 11 is 0. The number of carbonyl (C=O) groups excluding carboxylic acids is 2. The minimum atomic E-state index is -0.381. The number of benzene rings is 1. The molecule has 1 aromatic carbocycles. The van der Waals surface area contributed by atoms with Crippen LogP contribution in [-0.4, -0.2) is 29.3 Å². The van der Waals surface area contributed by atoms with E-state index in [0.717, 1.165) is 5.56 Å². The van der Waals surface area contributed by atoms with E-state index >= 15 is 0 Å². The number of nitrogens with one attached hydrogen (secondary N) is 1. The van der Waals surface area contributed by atoms with Crippen molar-refractivity contribution in [3.8, 4) is 0 Å². The predicted molar refractivity (Wildman–Crippen MR) is 77.9 cm³/mol. The molecule has 20 heavy (non-hydrogen) atoms. The first-order chi connectivity index (χ1) is 9.56. The van der Waals surface area contributed by atoms with Gasteiger partial charge in [-0.05, 0) is 17.9 Å². The smallest absolute Gasteiger partial charge is 0.245 e. The van der Waals surface area contributed by atoms with E-state index in [9.17, 15) is 9.59 Å². The highest BCUT2D eigenvalue weighted by Gasteiger charge is 2.30. The molecule has 2 rings (SSSR count). The van der Waals surface area contributed by atoms with Gasteiger partial charge in [-0.2, -0.15) is 0 Å². The maximum Gasteiger partial charge on any atom is 0.245 e. The van der Waals surface area contributed by atoms with Crippen LogP contribution in [0.2, 0.25) is 0 Å². The summed E-state index contributed by atoms with van der Waals surface area (Å²) in [5, 5.41) is 2.85. The summed E-state index contributed by atoms with van der Waals surface area (Å²) in [6.07, 6.45) is 1.07. The zero-order chi connectivity index (χ0) is 14.5. The van der Waals surface area contributed by atoms with Gasteiger partial charge in [-0.25, -0.2) is 0 Å². The number of nitrogens with zero attached hydrogens (tertiary/aromatic N) is 1. The van der Waals surface area contributed by atoms with Gasteiger partial charge in [-0.3, -0.25) is 9.59 Å². The van der Waals surface area contributed by atoms with Gasteiger partial charge in [0.1, 0.15) is 6.04 Å². The summed E-state index contributed by atoms with van der Waals surface area (Å²) in [5.74, 6) is 0.383. The number of carbonyl (C=O) groups is 2.